The molecule has 2 rings (SSSR count). The maximum Gasteiger partial charge on any atom is 0.313 e. The fourth-order valence-corrected chi connectivity index (χ4v) is 2.70. The molecule has 0 bridgehead atoms. The van der Waals surface area contributed by atoms with Crippen LogP contribution in [0.5, 0.6) is 0 Å². The molecule has 2 amide bonds. The number of nitrogens with zero attached hydrogens (tertiary/aromatic N) is 1. The number of allylic oxidation sites excluding steroid dienone is 1. The largest absolute Gasteiger partial charge is 0.345 e. The normalized spacial score (nSPS) is 15.1. The minimum Gasteiger partial charge on any atom is -0.345 e. The van der Waals surface area contributed by atoms with Gasteiger partial charge in [0.1, 0.15) is 0 Å². The number of amides is 2. The van der Waals surface area contributed by atoms with E-state index in [1.807, 2.05) is 0 Å². The van der Waals surface area contributed by atoms with Crippen molar-refractivity contribution in [2.24, 2.45) is 0 Å². The fourth-order valence-electron chi connectivity index (χ4n) is 2.70. The molecule has 5 heteroatoms. The molecule has 0 radical (unpaired) electrons. The van der Waals surface area contributed by atoms with Gasteiger partial charge in [0.25, 0.3) is 0 Å². The summed E-state index contributed by atoms with van der Waals surface area (Å²) in [7, 11) is 0. The molecule has 0 unspecified atom stereocenters. The van der Waals surface area contributed by atoms with Crippen LogP contribution in [-0.2, 0) is 9.59 Å². The first-order valence-electron chi connectivity index (χ1n) is 8.52. The van der Waals surface area contributed by atoms with Gasteiger partial charge in [0.15, 0.2) is 0 Å². The highest BCUT2D eigenvalue weighted by molar-refractivity contribution is 6.39. The second-order valence-corrected chi connectivity index (χ2v) is 6.51. The van der Waals surface area contributed by atoms with Crippen molar-refractivity contribution in [3.05, 3.63) is 41.5 Å². The first-order valence-corrected chi connectivity index (χ1v) is 8.52. The topological polar surface area (TPSA) is 61.4 Å². The van der Waals surface area contributed by atoms with Crippen LogP contribution in [0, 0.1) is 12.3 Å². The molecule has 25 heavy (non-hydrogen) atoms. The van der Waals surface area contributed by atoms with E-state index in [2.05, 4.69) is 41.4 Å². The van der Waals surface area contributed by atoms with Gasteiger partial charge in [0.05, 0.1) is 0 Å². The Balaban J connectivity index is 1.79. The summed E-state index contributed by atoms with van der Waals surface area (Å²) in [5.41, 5.74) is 2.48. The van der Waals surface area contributed by atoms with E-state index in [1.54, 1.807) is 24.3 Å². The first-order chi connectivity index (χ1) is 12.0. The van der Waals surface area contributed by atoms with Crippen LogP contribution in [0.15, 0.2) is 35.9 Å². The Morgan fingerprint density at radius 1 is 1.28 bits per heavy atom. The lowest BCUT2D eigenvalue weighted by molar-refractivity contribution is -0.136. The second-order valence-electron chi connectivity index (χ2n) is 6.51. The van der Waals surface area contributed by atoms with Crippen molar-refractivity contribution < 1.29 is 9.59 Å². The highest BCUT2D eigenvalue weighted by atomic mass is 16.2. The zero-order valence-electron chi connectivity index (χ0n) is 14.8. The lowest BCUT2D eigenvalue weighted by Crippen LogP contribution is -2.47. The van der Waals surface area contributed by atoms with Crippen LogP contribution in [0.1, 0.15) is 32.3 Å². The Kier molecular flexibility index (Phi) is 6.79. The molecule has 2 N–H and O–H groups in total. The average Bonchev–Trinajstić information content (AvgIpc) is 2.61. The van der Waals surface area contributed by atoms with Crippen LogP contribution < -0.4 is 10.6 Å². The number of piperidine rings is 1. The average molecular weight is 339 g/mol. The Labute approximate surface area is 149 Å². The van der Waals surface area contributed by atoms with Gasteiger partial charge in [-0.2, -0.15) is 0 Å². The molecule has 1 saturated heterocycles. The summed E-state index contributed by atoms with van der Waals surface area (Å²) < 4.78 is 0. The number of benzene rings is 1. The smallest absolute Gasteiger partial charge is 0.313 e. The van der Waals surface area contributed by atoms with Gasteiger partial charge in [-0.15, -0.1) is 6.42 Å². The standard InChI is InChI=1S/C20H25N3O2/c1-4-16-6-5-7-18(14-16)22-20(25)19(24)21-17-9-12-23(13-10-17)11-8-15(2)3/h1,5-8,14,17H,9-13H2,2-3H3,(H,21,24)(H,22,25). The van der Waals surface area contributed by atoms with Crippen molar-refractivity contribution in [3.63, 3.8) is 0 Å². The number of anilines is 1. The third kappa shape index (κ3) is 6.09. The van der Waals surface area contributed by atoms with Crippen LogP contribution in [0.2, 0.25) is 0 Å². The zero-order valence-corrected chi connectivity index (χ0v) is 14.8. The van der Waals surface area contributed by atoms with E-state index in [9.17, 15) is 9.59 Å². The van der Waals surface area contributed by atoms with E-state index in [0.717, 1.165) is 32.5 Å². The minimum absolute atomic E-state index is 0.0400. The quantitative estimate of drug-likeness (QED) is 0.502. The van der Waals surface area contributed by atoms with Gasteiger partial charge in [0, 0.05) is 36.9 Å². The summed E-state index contributed by atoms with van der Waals surface area (Å²) in [6.07, 6.45) is 9.24. The molecule has 1 aromatic carbocycles. The Bertz CT molecular complexity index is 691. The maximum atomic E-state index is 12.1. The number of rotatable bonds is 4. The lowest BCUT2D eigenvalue weighted by Gasteiger charge is -2.31. The van der Waals surface area contributed by atoms with Crippen molar-refractivity contribution in [2.45, 2.75) is 32.7 Å². The Morgan fingerprint density at radius 2 is 2.00 bits per heavy atom. The number of hydrogen-bond donors (Lipinski definition) is 2. The summed E-state index contributed by atoms with van der Waals surface area (Å²) in [6, 6.07) is 6.91. The van der Waals surface area contributed by atoms with E-state index >= 15 is 0 Å². The molecule has 1 heterocycles. The van der Waals surface area contributed by atoms with Crippen LogP contribution >= 0.6 is 0 Å². The molecule has 1 aliphatic rings. The number of nitrogens with one attached hydrogen (secondary N) is 2. The van der Waals surface area contributed by atoms with Gasteiger partial charge in [-0.05, 0) is 44.9 Å². The van der Waals surface area contributed by atoms with E-state index in [4.69, 9.17) is 6.42 Å². The summed E-state index contributed by atoms with van der Waals surface area (Å²) in [4.78, 5) is 26.5. The third-order valence-corrected chi connectivity index (χ3v) is 4.17. The second kappa shape index (κ2) is 9.05. The van der Waals surface area contributed by atoms with Gasteiger partial charge in [-0.1, -0.05) is 23.6 Å². The molecule has 0 aliphatic carbocycles. The lowest BCUT2D eigenvalue weighted by atomic mass is 10.0. The maximum absolute atomic E-state index is 12.1. The van der Waals surface area contributed by atoms with Crippen LogP contribution in [0.4, 0.5) is 5.69 Å². The molecule has 0 saturated carbocycles. The third-order valence-electron chi connectivity index (χ3n) is 4.17. The molecule has 1 aromatic rings. The Hall–Kier alpha value is -2.58. The van der Waals surface area contributed by atoms with Crippen molar-refractivity contribution in [1.82, 2.24) is 10.2 Å². The fraction of sp³-hybridized carbons (Fsp3) is 0.400. The predicted molar refractivity (Wildman–Crippen MR) is 100 cm³/mol. The van der Waals surface area contributed by atoms with E-state index in [1.165, 1.54) is 5.57 Å². The predicted octanol–water partition coefficient (Wildman–Crippen LogP) is 2.15. The van der Waals surface area contributed by atoms with Crippen LogP contribution in [0.3, 0.4) is 0 Å². The van der Waals surface area contributed by atoms with Gasteiger partial charge in [-0.3, -0.25) is 14.5 Å². The van der Waals surface area contributed by atoms with Crippen molar-refractivity contribution in [1.29, 1.82) is 0 Å². The number of hydrogen-bond acceptors (Lipinski definition) is 3. The summed E-state index contributed by atoms with van der Waals surface area (Å²) in [5.74, 6) is 1.23. The van der Waals surface area contributed by atoms with Crippen molar-refractivity contribution in [3.8, 4) is 12.3 Å². The number of carbonyl (C=O) groups excluding carboxylic acids is 2. The molecular formula is C20H25N3O2. The Morgan fingerprint density at radius 3 is 2.64 bits per heavy atom. The minimum atomic E-state index is -0.666. The van der Waals surface area contributed by atoms with E-state index < -0.39 is 11.8 Å². The van der Waals surface area contributed by atoms with Crippen molar-refractivity contribution in [2.75, 3.05) is 25.0 Å². The van der Waals surface area contributed by atoms with Gasteiger partial charge < -0.3 is 10.6 Å². The molecule has 0 spiro atoms. The monoisotopic (exact) mass is 339 g/mol. The SMILES string of the molecule is C#Cc1cccc(NC(=O)C(=O)NC2CCN(CC=C(C)C)CC2)c1. The summed E-state index contributed by atoms with van der Waals surface area (Å²) in [5, 5.41) is 5.40. The highest BCUT2D eigenvalue weighted by Crippen LogP contribution is 2.12. The zero-order chi connectivity index (χ0) is 18.2. The molecule has 132 valence electrons. The van der Waals surface area contributed by atoms with Crippen molar-refractivity contribution >= 4 is 17.5 Å². The van der Waals surface area contributed by atoms with Gasteiger partial charge in [0.2, 0.25) is 0 Å². The number of carbonyl (C=O) groups is 2. The summed E-state index contributed by atoms with van der Waals surface area (Å²) >= 11 is 0. The summed E-state index contributed by atoms with van der Waals surface area (Å²) in [6.45, 7) is 6.95. The molecule has 0 atom stereocenters. The molecule has 5 nitrogen and oxygen atoms in total. The molecule has 1 fully saturated rings. The van der Waals surface area contributed by atoms with Gasteiger partial charge >= 0.3 is 11.8 Å². The van der Waals surface area contributed by atoms with Crippen LogP contribution in [-0.4, -0.2) is 42.4 Å². The number of likely N-dealkylation sites (tertiary alicyclic amines) is 1. The van der Waals surface area contributed by atoms with E-state index in [-0.39, 0.29) is 6.04 Å². The highest BCUT2D eigenvalue weighted by Gasteiger charge is 2.23. The number of terminal acetylenes is 1. The van der Waals surface area contributed by atoms with Gasteiger partial charge in [-0.25, -0.2) is 0 Å². The van der Waals surface area contributed by atoms with Crippen LogP contribution in [0.25, 0.3) is 0 Å². The molecule has 1 aliphatic heterocycles. The molecule has 0 aromatic heterocycles. The molecular weight excluding hydrogens is 314 g/mol. The van der Waals surface area contributed by atoms with E-state index in [0.29, 0.717) is 11.3 Å². The first kappa shape index (κ1) is 18.8.